The Morgan fingerprint density at radius 2 is 1.67 bits per heavy atom. The molecule has 0 bridgehead atoms. The standard InChI is InChI=1S/C24H26N4OS/c25-28(17-20-9-5-2-6-10-20)22-23(29)27-30-24(22)26-21-15-13-19(14-16-21)12-11-18-7-3-1-4-8-18/h1,3-4,7-8,11-16,20H,2,5-6,9-10,17H2,(H2-,25,26,27,29)/p+1/b12-11+. The molecule has 1 fully saturated rings. The molecule has 1 heterocycles. The Bertz CT molecular complexity index is 1060. The average molecular weight is 420 g/mol. The number of nitrogens with one attached hydrogen (secondary N) is 3. The lowest BCUT2D eigenvalue weighted by molar-refractivity contribution is -0.543. The SMILES string of the molecule is N=[N+](CC1CCCCC1)c1c(Nc2ccc(/C=C/c3ccccc3)cc2)s[nH]c1=O. The van der Waals surface area contributed by atoms with E-state index in [9.17, 15) is 4.79 Å². The fourth-order valence-electron chi connectivity index (χ4n) is 3.91. The van der Waals surface area contributed by atoms with Crippen LogP contribution in [0.5, 0.6) is 0 Å². The lowest BCUT2D eigenvalue weighted by Crippen LogP contribution is -2.21. The highest BCUT2D eigenvalue weighted by Crippen LogP contribution is 2.31. The predicted octanol–water partition coefficient (Wildman–Crippen LogP) is 6.61. The molecule has 0 saturated heterocycles. The van der Waals surface area contributed by atoms with Crippen molar-refractivity contribution in [1.29, 1.82) is 5.53 Å². The summed E-state index contributed by atoms with van der Waals surface area (Å²) < 4.78 is 4.16. The molecule has 154 valence electrons. The van der Waals surface area contributed by atoms with Crippen molar-refractivity contribution >= 4 is 40.1 Å². The molecule has 30 heavy (non-hydrogen) atoms. The van der Waals surface area contributed by atoms with E-state index in [0.717, 1.165) is 29.7 Å². The highest BCUT2D eigenvalue weighted by atomic mass is 32.1. The first-order valence-electron chi connectivity index (χ1n) is 10.5. The van der Waals surface area contributed by atoms with Gasteiger partial charge >= 0.3 is 11.2 Å². The fourth-order valence-corrected chi connectivity index (χ4v) is 4.67. The Morgan fingerprint density at radius 1 is 1.00 bits per heavy atom. The second-order valence-electron chi connectivity index (χ2n) is 7.82. The third-order valence-electron chi connectivity index (χ3n) is 5.55. The fraction of sp³-hybridized carbons (Fsp3) is 0.292. The first kappa shape index (κ1) is 20.3. The summed E-state index contributed by atoms with van der Waals surface area (Å²) in [6.45, 7) is 0.609. The summed E-state index contributed by atoms with van der Waals surface area (Å²) >= 11 is 1.25. The third kappa shape index (κ3) is 5.13. The molecule has 1 aliphatic rings. The molecule has 0 atom stereocenters. The Hall–Kier alpha value is -2.99. The highest BCUT2D eigenvalue weighted by molar-refractivity contribution is 7.10. The van der Waals surface area contributed by atoms with E-state index < -0.39 is 0 Å². The van der Waals surface area contributed by atoms with Gasteiger partial charge in [0.25, 0.3) is 0 Å². The molecule has 2 aromatic carbocycles. The van der Waals surface area contributed by atoms with Gasteiger partial charge in [0, 0.05) is 11.6 Å². The Balaban J connectivity index is 1.43. The molecule has 1 aromatic heterocycles. The number of hydrogen-bond acceptors (Lipinski definition) is 4. The van der Waals surface area contributed by atoms with Crippen LogP contribution in [0.15, 0.2) is 59.4 Å². The molecule has 0 amide bonds. The number of aromatic amines is 1. The van der Waals surface area contributed by atoms with Crippen LogP contribution in [0.3, 0.4) is 0 Å². The summed E-state index contributed by atoms with van der Waals surface area (Å²) in [6, 6.07) is 18.3. The van der Waals surface area contributed by atoms with Crippen molar-refractivity contribution in [3.8, 4) is 0 Å². The van der Waals surface area contributed by atoms with Crippen molar-refractivity contribution in [2.45, 2.75) is 32.1 Å². The van der Waals surface area contributed by atoms with Crippen molar-refractivity contribution in [1.82, 2.24) is 4.37 Å². The number of hydrogen-bond donors (Lipinski definition) is 3. The summed E-state index contributed by atoms with van der Waals surface area (Å²) in [5, 5.41) is 4.01. The van der Waals surface area contributed by atoms with Gasteiger partial charge in [-0.2, -0.15) is 0 Å². The van der Waals surface area contributed by atoms with Crippen LogP contribution in [0.4, 0.5) is 16.4 Å². The summed E-state index contributed by atoms with van der Waals surface area (Å²) in [6.07, 6.45) is 10.2. The molecule has 1 saturated carbocycles. The zero-order valence-electron chi connectivity index (χ0n) is 16.9. The lowest BCUT2D eigenvalue weighted by Gasteiger charge is -2.18. The molecule has 6 heteroatoms. The maximum Gasteiger partial charge on any atom is 0.334 e. The van der Waals surface area contributed by atoms with Gasteiger partial charge in [-0.15, -0.1) is 0 Å². The molecule has 0 aliphatic heterocycles. The number of rotatable bonds is 7. The van der Waals surface area contributed by atoms with Crippen LogP contribution < -0.4 is 10.9 Å². The van der Waals surface area contributed by atoms with E-state index >= 15 is 0 Å². The zero-order chi connectivity index (χ0) is 20.8. The van der Waals surface area contributed by atoms with E-state index in [2.05, 4.69) is 34.0 Å². The van der Waals surface area contributed by atoms with Gasteiger partial charge in [-0.05, 0) is 47.6 Å². The van der Waals surface area contributed by atoms with Gasteiger partial charge in [-0.3, -0.25) is 9.17 Å². The molecule has 5 nitrogen and oxygen atoms in total. The summed E-state index contributed by atoms with van der Waals surface area (Å²) in [7, 11) is 0. The van der Waals surface area contributed by atoms with Gasteiger partial charge in [-0.25, -0.2) is 0 Å². The normalized spacial score (nSPS) is 14.8. The number of aromatic nitrogens is 1. The zero-order valence-corrected chi connectivity index (χ0v) is 17.8. The van der Waals surface area contributed by atoms with Gasteiger partial charge in [0.1, 0.15) is 0 Å². The maximum atomic E-state index is 12.3. The molecule has 1 aliphatic carbocycles. The Morgan fingerprint density at radius 3 is 2.37 bits per heavy atom. The molecule has 3 aromatic rings. The number of anilines is 2. The van der Waals surface area contributed by atoms with E-state index in [1.54, 1.807) is 0 Å². The molecule has 0 unspecified atom stereocenters. The van der Waals surface area contributed by atoms with E-state index in [1.165, 1.54) is 35.5 Å². The summed E-state index contributed by atoms with van der Waals surface area (Å²) in [4.78, 5) is 12.3. The predicted molar refractivity (Wildman–Crippen MR) is 124 cm³/mol. The van der Waals surface area contributed by atoms with E-state index in [4.69, 9.17) is 5.53 Å². The number of H-pyrrole nitrogens is 1. The minimum atomic E-state index is -0.198. The van der Waals surface area contributed by atoms with Gasteiger partial charge < -0.3 is 5.32 Å². The van der Waals surface area contributed by atoms with Crippen LogP contribution in [0, 0.1) is 11.4 Å². The van der Waals surface area contributed by atoms with Gasteiger partial charge in [0.15, 0.2) is 11.5 Å². The first-order chi connectivity index (χ1) is 14.7. The molecular weight excluding hydrogens is 392 g/mol. The van der Waals surface area contributed by atoms with Crippen molar-refractivity contribution in [3.05, 3.63) is 76.1 Å². The topological polar surface area (TPSA) is 71.8 Å². The van der Waals surface area contributed by atoms with Crippen LogP contribution in [0.1, 0.15) is 43.2 Å². The number of nitrogens with zero attached hydrogens (tertiary/aromatic N) is 1. The lowest BCUT2D eigenvalue weighted by atomic mass is 9.89. The van der Waals surface area contributed by atoms with Crippen LogP contribution in [-0.4, -0.2) is 15.6 Å². The van der Waals surface area contributed by atoms with Crippen LogP contribution in [-0.2, 0) is 0 Å². The van der Waals surface area contributed by atoms with Crippen molar-refractivity contribution < 1.29 is 4.70 Å². The van der Waals surface area contributed by atoms with Crippen LogP contribution >= 0.6 is 11.5 Å². The average Bonchev–Trinajstić information content (AvgIpc) is 3.14. The monoisotopic (exact) mass is 419 g/mol. The molecule has 0 spiro atoms. The van der Waals surface area contributed by atoms with Gasteiger partial charge in [-0.1, -0.05) is 84.1 Å². The largest absolute Gasteiger partial charge is 0.340 e. The smallest absolute Gasteiger partial charge is 0.334 e. The Kier molecular flexibility index (Phi) is 6.54. The first-order valence-corrected chi connectivity index (χ1v) is 11.3. The van der Waals surface area contributed by atoms with Crippen molar-refractivity contribution in [2.75, 3.05) is 11.9 Å². The minimum Gasteiger partial charge on any atom is -0.340 e. The van der Waals surface area contributed by atoms with E-state index in [-0.39, 0.29) is 5.56 Å². The minimum absolute atomic E-state index is 0.198. The van der Waals surface area contributed by atoms with Crippen molar-refractivity contribution in [2.24, 2.45) is 5.92 Å². The summed E-state index contributed by atoms with van der Waals surface area (Å²) in [5.74, 6) is 0.499. The van der Waals surface area contributed by atoms with Crippen molar-refractivity contribution in [3.63, 3.8) is 0 Å². The maximum absolute atomic E-state index is 12.3. The van der Waals surface area contributed by atoms with E-state index in [1.807, 2.05) is 42.5 Å². The quantitative estimate of drug-likeness (QED) is 0.229. The Labute approximate surface area is 180 Å². The molecular formula is C24H27N4OS+. The van der Waals surface area contributed by atoms with E-state index in [0.29, 0.717) is 23.2 Å². The number of benzene rings is 2. The second kappa shape index (κ2) is 9.67. The third-order valence-corrected chi connectivity index (χ3v) is 6.33. The molecule has 0 radical (unpaired) electrons. The molecule has 4 rings (SSSR count). The van der Waals surface area contributed by atoms with Crippen LogP contribution in [0.25, 0.3) is 12.2 Å². The van der Waals surface area contributed by atoms with Crippen LogP contribution in [0.2, 0.25) is 0 Å². The highest BCUT2D eigenvalue weighted by Gasteiger charge is 2.27. The van der Waals surface area contributed by atoms with Gasteiger partial charge in [0.05, 0.1) is 0 Å². The van der Waals surface area contributed by atoms with Gasteiger partial charge in [0.2, 0.25) is 0 Å². The summed E-state index contributed by atoms with van der Waals surface area (Å²) in [5.41, 5.74) is 11.8. The second-order valence-corrected chi connectivity index (χ2v) is 8.63. The molecule has 3 N–H and O–H groups in total.